The van der Waals surface area contributed by atoms with Gasteiger partial charge in [-0.2, -0.15) is 13.2 Å². The Balaban J connectivity index is 2.54. The highest BCUT2D eigenvalue weighted by Crippen LogP contribution is 2.29. The van der Waals surface area contributed by atoms with Gasteiger partial charge in [0.25, 0.3) is 5.56 Å². The first-order chi connectivity index (χ1) is 13.1. The zero-order valence-corrected chi connectivity index (χ0v) is 15.8. The number of hydrogen-bond donors (Lipinski definition) is 0. The average Bonchev–Trinajstić information content (AvgIpc) is 2.68. The molecule has 0 amide bonds. The molecule has 0 fully saturated rings. The summed E-state index contributed by atoms with van der Waals surface area (Å²) < 4.78 is 40.3. The second kappa shape index (κ2) is 7.14. The van der Waals surface area contributed by atoms with Gasteiger partial charge in [0.05, 0.1) is 10.8 Å². The van der Waals surface area contributed by atoms with Gasteiger partial charge in [0.15, 0.2) is 0 Å². The van der Waals surface area contributed by atoms with Crippen LogP contribution in [0, 0.1) is 6.92 Å². The largest absolute Gasteiger partial charge is 0.448 e. The van der Waals surface area contributed by atoms with Crippen LogP contribution in [0.1, 0.15) is 31.4 Å². The van der Waals surface area contributed by atoms with Crippen molar-refractivity contribution in [3.05, 3.63) is 80.9 Å². The molecule has 7 heteroatoms. The molecule has 146 valence electrons. The summed E-state index contributed by atoms with van der Waals surface area (Å²) >= 11 is 0. The molecular formula is C21H19F3N3O-. The van der Waals surface area contributed by atoms with E-state index in [0.717, 1.165) is 45.1 Å². The van der Waals surface area contributed by atoms with Crippen molar-refractivity contribution in [2.75, 3.05) is 0 Å². The second-order valence-electron chi connectivity index (χ2n) is 6.79. The third-order valence-electron chi connectivity index (χ3n) is 4.78. The molecule has 0 unspecified atom stereocenters. The monoisotopic (exact) mass is 386 g/mol. The topological polar surface area (TPSA) is 49.0 Å². The molecule has 0 radical (unpaired) electrons. The summed E-state index contributed by atoms with van der Waals surface area (Å²) in [5, 5.41) is 5.14. The number of aryl methyl sites for hydroxylation is 1. The van der Waals surface area contributed by atoms with Crippen molar-refractivity contribution < 1.29 is 13.2 Å². The molecule has 4 nitrogen and oxygen atoms in total. The van der Waals surface area contributed by atoms with Gasteiger partial charge < -0.3 is 10.1 Å². The molecule has 0 aliphatic heterocycles. The van der Waals surface area contributed by atoms with Gasteiger partial charge in [0.2, 0.25) is 0 Å². The lowest BCUT2D eigenvalue weighted by Crippen LogP contribution is -2.47. The minimum Gasteiger partial charge on any atom is -0.448 e. The second-order valence-corrected chi connectivity index (χ2v) is 6.79. The van der Waals surface area contributed by atoms with Gasteiger partial charge in [0, 0.05) is 5.69 Å². The van der Waals surface area contributed by atoms with E-state index in [4.69, 9.17) is 0 Å². The molecule has 0 saturated carbocycles. The van der Waals surface area contributed by atoms with E-state index in [2.05, 4.69) is 16.7 Å². The van der Waals surface area contributed by atoms with Gasteiger partial charge in [-0.05, 0) is 67.3 Å². The summed E-state index contributed by atoms with van der Waals surface area (Å²) in [7, 11) is 0. The number of benzene rings is 1. The van der Waals surface area contributed by atoms with Crippen molar-refractivity contribution in [3.63, 3.8) is 0 Å². The van der Waals surface area contributed by atoms with Crippen LogP contribution < -0.4 is 21.0 Å². The molecule has 1 heterocycles. The zero-order valence-electron chi connectivity index (χ0n) is 15.8. The first-order valence-electron chi connectivity index (χ1n) is 8.61. The molecular weight excluding hydrogens is 367 g/mol. The highest BCUT2D eigenvalue weighted by Gasteiger charge is 2.30. The van der Waals surface area contributed by atoms with E-state index in [1.54, 1.807) is 13.1 Å². The third kappa shape index (κ3) is 3.52. The summed E-state index contributed by atoms with van der Waals surface area (Å²) in [5.74, 6) is 0. The lowest BCUT2D eigenvalue weighted by Gasteiger charge is -2.15. The predicted octanol–water partition coefficient (Wildman–Crippen LogP) is 2.94. The average molecular weight is 386 g/mol. The van der Waals surface area contributed by atoms with Crippen molar-refractivity contribution in [1.29, 1.82) is 0 Å². The van der Waals surface area contributed by atoms with Crippen LogP contribution in [0.5, 0.6) is 0 Å². The Morgan fingerprint density at radius 1 is 1.18 bits per heavy atom. The number of allylic oxidation sites excluding steroid dienone is 1. The molecule has 0 saturated heterocycles. The fraction of sp³-hybridized carbons (Fsp3) is 0.238. The number of halogens is 3. The normalized spacial score (nSPS) is 14.0. The third-order valence-corrected chi connectivity index (χ3v) is 4.78. The van der Waals surface area contributed by atoms with Crippen LogP contribution in [-0.2, 0) is 6.18 Å². The van der Waals surface area contributed by atoms with Crippen LogP contribution in [0.2, 0.25) is 0 Å². The lowest BCUT2D eigenvalue weighted by molar-refractivity contribution is -0.137. The molecule has 0 bridgehead atoms. The van der Waals surface area contributed by atoms with E-state index in [1.165, 1.54) is 12.1 Å². The molecule has 0 N–H and O–H groups in total. The fourth-order valence-corrected chi connectivity index (χ4v) is 3.37. The number of hydrogen-bond acceptors (Lipinski definition) is 2. The molecule has 2 aromatic rings. The summed E-state index contributed by atoms with van der Waals surface area (Å²) in [5.41, 5.74) is 1.87. The van der Waals surface area contributed by atoms with E-state index in [0.29, 0.717) is 17.2 Å². The summed E-state index contributed by atoms with van der Waals surface area (Å²) in [6, 6.07) is 4.51. The van der Waals surface area contributed by atoms with E-state index >= 15 is 0 Å². The molecule has 1 aromatic carbocycles. The van der Waals surface area contributed by atoms with Crippen molar-refractivity contribution >= 4 is 11.1 Å². The molecule has 3 rings (SSSR count). The van der Waals surface area contributed by atoms with Crippen molar-refractivity contribution in [3.8, 4) is 5.69 Å². The van der Waals surface area contributed by atoms with Crippen LogP contribution in [0.25, 0.3) is 16.8 Å². The number of nitrogens with zero attached hydrogens (tertiary/aromatic N) is 3. The van der Waals surface area contributed by atoms with Crippen LogP contribution in [0.15, 0.2) is 53.7 Å². The predicted molar refractivity (Wildman–Crippen MR) is 102 cm³/mol. The van der Waals surface area contributed by atoms with Crippen LogP contribution in [0.4, 0.5) is 13.2 Å². The van der Waals surface area contributed by atoms with E-state index in [1.807, 2.05) is 13.8 Å². The van der Waals surface area contributed by atoms with Gasteiger partial charge in [-0.1, -0.05) is 30.7 Å². The van der Waals surface area contributed by atoms with Gasteiger partial charge in [0.1, 0.15) is 0 Å². The molecule has 28 heavy (non-hydrogen) atoms. The molecule has 0 atom stereocenters. The number of alkyl halides is 3. The highest BCUT2D eigenvalue weighted by atomic mass is 19.4. The summed E-state index contributed by atoms with van der Waals surface area (Å²) in [6.07, 6.45) is -1.17. The Morgan fingerprint density at radius 2 is 1.89 bits per heavy atom. The zero-order chi connectivity index (χ0) is 20.6. The highest BCUT2D eigenvalue weighted by molar-refractivity contribution is 5.70. The molecule has 1 aliphatic rings. The Morgan fingerprint density at radius 3 is 2.57 bits per heavy atom. The number of fused-ring (bicyclic) bond motifs is 1. The Hall–Kier alpha value is -3.09. The quantitative estimate of drug-likeness (QED) is 0.757. The van der Waals surface area contributed by atoms with Gasteiger partial charge >= 0.3 is 6.18 Å². The Labute approximate surface area is 159 Å². The van der Waals surface area contributed by atoms with Gasteiger partial charge in [-0.15, -0.1) is 0 Å². The maximum atomic E-state index is 13.4. The fourth-order valence-electron chi connectivity index (χ4n) is 3.37. The van der Waals surface area contributed by atoms with E-state index in [-0.39, 0.29) is 5.69 Å². The van der Waals surface area contributed by atoms with Crippen LogP contribution >= 0.6 is 0 Å². The summed E-state index contributed by atoms with van der Waals surface area (Å²) in [6.45, 7) is 9.56. The Bertz CT molecular complexity index is 1200. The first-order valence-corrected chi connectivity index (χ1v) is 8.61. The summed E-state index contributed by atoms with van der Waals surface area (Å²) in [4.78, 5) is 17.5. The minimum absolute atomic E-state index is 0.0133. The van der Waals surface area contributed by atoms with Crippen LogP contribution in [0.3, 0.4) is 0 Å². The minimum atomic E-state index is -4.53. The van der Waals surface area contributed by atoms with Gasteiger partial charge in [-0.25, -0.2) is 0 Å². The first kappa shape index (κ1) is 19.7. The lowest BCUT2D eigenvalue weighted by atomic mass is 9.91. The number of aromatic nitrogens is 3. The standard InChI is InChI=1S/C21H19F3N3O/c1-12-8-13(2)18-14(3)10-25-11-26-27(20(28)19(18)15(12)4)17-7-5-6-16(9-17)21(22,23)24/h5-7,9-11H,1,8H2,2-4H3/q-1. The van der Waals surface area contributed by atoms with E-state index < -0.39 is 17.3 Å². The molecule has 1 aromatic heterocycles. The SMILES string of the molecule is C=C1CC(C)=c2c(C)c[n-]cnn(-c3cccc(C(F)(F)F)c3)c(=O)c2=C1C. The Kier molecular flexibility index (Phi) is 5.02. The van der Waals surface area contributed by atoms with Crippen molar-refractivity contribution in [2.24, 2.45) is 0 Å². The number of rotatable bonds is 1. The van der Waals surface area contributed by atoms with E-state index in [9.17, 15) is 18.0 Å². The maximum absolute atomic E-state index is 13.4. The van der Waals surface area contributed by atoms with Crippen molar-refractivity contribution in [2.45, 2.75) is 33.4 Å². The molecule has 1 aliphatic carbocycles. The smallest absolute Gasteiger partial charge is 0.416 e. The van der Waals surface area contributed by atoms with Crippen LogP contribution in [-0.4, -0.2) is 9.78 Å². The van der Waals surface area contributed by atoms with Gasteiger partial charge in [-0.3, -0.25) is 9.48 Å². The maximum Gasteiger partial charge on any atom is 0.416 e. The van der Waals surface area contributed by atoms with Crippen molar-refractivity contribution in [1.82, 2.24) is 14.8 Å². The molecule has 0 spiro atoms.